The molecule has 162 valence electrons. The van der Waals surface area contributed by atoms with Crippen molar-refractivity contribution in [1.82, 2.24) is 4.31 Å². The van der Waals surface area contributed by atoms with E-state index in [1.165, 1.54) is 10.4 Å². The van der Waals surface area contributed by atoms with Crippen LogP contribution >= 0.6 is 0 Å². The van der Waals surface area contributed by atoms with Crippen molar-refractivity contribution >= 4 is 21.5 Å². The third-order valence-electron chi connectivity index (χ3n) is 5.96. The van der Waals surface area contributed by atoms with Crippen molar-refractivity contribution in [2.75, 3.05) is 50.9 Å². The Hall–Kier alpha value is -1.55. The largest absolute Gasteiger partial charge is 0.396 e. The summed E-state index contributed by atoms with van der Waals surface area (Å²) >= 11 is 0. The molecule has 0 saturated carbocycles. The molecule has 0 amide bonds. The summed E-state index contributed by atoms with van der Waals surface area (Å²) in [4.78, 5) is 14.9. The molecule has 1 N–H and O–H groups in total. The lowest BCUT2D eigenvalue weighted by molar-refractivity contribution is -0.124. The zero-order chi connectivity index (χ0) is 21.1. The monoisotopic (exact) mass is 428 g/mol. The van der Waals surface area contributed by atoms with Crippen molar-refractivity contribution in [3.63, 3.8) is 0 Å². The van der Waals surface area contributed by atoms with Crippen molar-refractivity contribution in [2.24, 2.45) is 0 Å². The Labute approximate surface area is 171 Å². The lowest BCUT2D eigenvalue weighted by Crippen LogP contribution is -2.60. The third-order valence-corrected chi connectivity index (χ3v) is 8.63. The van der Waals surface area contributed by atoms with E-state index in [1.54, 1.807) is 13.0 Å². The van der Waals surface area contributed by atoms with Gasteiger partial charge in [0, 0.05) is 58.1 Å². The molecule has 2 heterocycles. The number of aliphatic hydroxyl groups excluding tert-OH is 1. The van der Waals surface area contributed by atoms with Gasteiger partial charge in [-0.15, -0.1) is 0 Å². The lowest BCUT2D eigenvalue weighted by atomic mass is 9.91. The Balaban J connectivity index is 1.76. The van der Waals surface area contributed by atoms with Gasteiger partial charge in [-0.1, -0.05) is 6.07 Å². The summed E-state index contributed by atoms with van der Waals surface area (Å²) in [6.07, 6.45) is 0.577. The highest BCUT2D eigenvalue weighted by Crippen LogP contribution is 2.35. The molecule has 0 unspecified atom stereocenters. The van der Waals surface area contributed by atoms with Gasteiger partial charge in [0.05, 0.1) is 0 Å². The van der Waals surface area contributed by atoms with Crippen LogP contribution in [0.5, 0.6) is 0 Å². The van der Waals surface area contributed by atoms with Crippen molar-refractivity contribution in [3.8, 4) is 0 Å². The van der Waals surface area contributed by atoms with Gasteiger partial charge in [-0.3, -0.25) is 4.79 Å². The molecule has 0 aromatic heterocycles. The van der Waals surface area contributed by atoms with Crippen LogP contribution in [0.15, 0.2) is 18.2 Å². The molecule has 0 aliphatic carbocycles. The maximum absolute atomic E-state index is 13.9. The van der Waals surface area contributed by atoms with E-state index in [9.17, 15) is 17.6 Å². The number of nitrogens with zero attached hydrogens (tertiary/aromatic N) is 2. The molecule has 2 saturated heterocycles. The number of benzene rings is 1. The molecule has 1 aromatic rings. The third kappa shape index (κ3) is 4.33. The number of hydrogen-bond acceptors (Lipinski definition) is 6. The highest BCUT2D eigenvalue weighted by atomic mass is 32.2. The van der Waals surface area contributed by atoms with E-state index in [0.717, 1.165) is 5.69 Å². The maximum Gasteiger partial charge on any atom is 0.227 e. The van der Waals surface area contributed by atoms with Crippen LogP contribution in [0.25, 0.3) is 0 Å². The van der Waals surface area contributed by atoms with Crippen LogP contribution in [0.1, 0.15) is 31.2 Å². The van der Waals surface area contributed by atoms with Gasteiger partial charge in [-0.2, -0.15) is 4.31 Å². The highest BCUT2D eigenvalue weighted by Gasteiger charge is 2.53. The van der Waals surface area contributed by atoms with Crippen molar-refractivity contribution < 1.29 is 27.4 Å². The maximum atomic E-state index is 13.9. The average molecular weight is 429 g/mol. The Kier molecular flexibility index (Phi) is 6.93. The number of ketones is 1. The summed E-state index contributed by atoms with van der Waals surface area (Å²) in [5.74, 6) is -0.619. The second-order valence-electron chi connectivity index (χ2n) is 7.68. The number of Topliss-reactive ketones (excluding diaryl/α,β-unsaturated/α-hetero) is 1. The first kappa shape index (κ1) is 22.1. The minimum Gasteiger partial charge on any atom is -0.396 e. The van der Waals surface area contributed by atoms with Gasteiger partial charge in [0.2, 0.25) is 10.0 Å². The number of piperazine rings is 1. The molecule has 1 aromatic carbocycles. The van der Waals surface area contributed by atoms with E-state index in [0.29, 0.717) is 18.7 Å². The average Bonchev–Trinajstić information content (AvgIpc) is 2.74. The first-order valence-corrected chi connectivity index (χ1v) is 11.5. The van der Waals surface area contributed by atoms with Crippen LogP contribution in [0.2, 0.25) is 0 Å². The Bertz CT molecular complexity index is 831. The summed E-state index contributed by atoms with van der Waals surface area (Å²) in [5.41, 5.74) is 1.29. The number of hydrogen-bond donors (Lipinski definition) is 1. The van der Waals surface area contributed by atoms with Crippen LogP contribution in [-0.2, 0) is 19.6 Å². The second-order valence-corrected chi connectivity index (χ2v) is 9.93. The molecule has 29 heavy (non-hydrogen) atoms. The summed E-state index contributed by atoms with van der Waals surface area (Å²) < 4.78 is 46.2. The molecule has 0 atom stereocenters. The Morgan fingerprint density at radius 2 is 1.86 bits per heavy atom. The minimum atomic E-state index is -3.88. The van der Waals surface area contributed by atoms with Gasteiger partial charge in [-0.05, 0) is 43.9 Å². The summed E-state index contributed by atoms with van der Waals surface area (Å²) in [5, 5.41) is 9.05. The number of sulfonamides is 1. The van der Waals surface area contributed by atoms with Crippen molar-refractivity contribution in [2.45, 2.75) is 37.4 Å². The topological polar surface area (TPSA) is 87.2 Å². The van der Waals surface area contributed by atoms with Gasteiger partial charge in [0.1, 0.15) is 10.6 Å². The molecule has 0 bridgehead atoms. The van der Waals surface area contributed by atoms with E-state index in [2.05, 4.69) is 0 Å². The molecule has 0 radical (unpaired) electrons. The number of aryl methyl sites for hydroxylation is 1. The lowest BCUT2D eigenvalue weighted by Gasteiger charge is -2.42. The number of carbonyl (C=O) groups excluding carboxylic acids is 1. The van der Waals surface area contributed by atoms with Gasteiger partial charge in [0.25, 0.3) is 0 Å². The number of halogens is 1. The fourth-order valence-electron chi connectivity index (χ4n) is 4.06. The quantitative estimate of drug-likeness (QED) is 0.708. The number of aliphatic hydroxyl groups is 1. The molecule has 0 spiro atoms. The molecule has 2 aliphatic rings. The van der Waals surface area contributed by atoms with Gasteiger partial charge >= 0.3 is 0 Å². The Morgan fingerprint density at radius 3 is 2.45 bits per heavy atom. The second kappa shape index (κ2) is 9.07. The molecule has 2 fully saturated rings. The van der Waals surface area contributed by atoms with Crippen LogP contribution in [-0.4, -0.2) is 74.4 Å². The smallest absolute Gasteiger partial charge is 0.227 e. The van der Waals surface area contributed by atoms with E-state index in [4.69, 9.17) is 9.84 Å². The first-order chi connectivity index (χ1) is 13.8. The molecule has 3 rings (SSSR count). The summed E-state index contributed by atoms with van der Waals surface area (Å²) in [7, 11) is -3.88. The number of ether oxygens (including phenoxy) is 1. The number of anilines is 1. The van der Waals surface area contributed by atoms with E-state index in [1.807, 2.05) is 11.0 Å². The van der Waals surface area contributed by atoms with Crippen molar-refractivity contribution in [3.05, 3.63) is 29.6 Å². The van der Waals surface area contributed by atoms with Gasteiger partial charge in [0.15, 0.2) is 5.78 Å². The van der Waals surface area contributed by atoms with E-state index in [-0.39, 0.29) is 70.2 Å². The zero-order valence-electron chi connectivity index (χ0n) is 16.8. The van der Waals surface area contributed by atoms with Crippen LogP contribution in [0, 0.1) is 12.7 Å². The predicted octanol–water partition coefficient (Wildman–Crippen LogP) is 1.48. The van der Waals surface area contributed by atoms with E-state index >= 15 is 0 Å². The van der Waals surface area contributed by atoms with Crippen LogP contribution in [0.3, 0.4) is 0 Å². The summed E-state index contributed by atoms with van der Waals surface area (Å²) in [6.45, 7) is 3.36. The number of carbonyl (C=O) groups is 1. The van der Waals surface area contributed by atoms with Crippen molar-refractivity contribution in [1.29, 1.82) is 0 Å². The Morgan fingerprint density at radius 1 is 1.21 bits per heavy atom. The fraction of sp³-hybridized carbons (Fsp3) is 0.650. The molecule has 9 heteroatoms. The summed E-state index contributed by atoms with van der Waals surface area (Å²) in [6, 6.07) is 5.02. The molecule has 2 aliphatic heterocycles. The molecular formula is C20H29FN2O5S. The first-order valence-electron chi connectivity index (χ1n) is 10.0. The standard InChI is InChI=1S/C20H29FN2O5S/c1-16-4-5-17(15-18(16)21)22-8-10-23(11-9-22)29(26,27)20(6-13-28-14-7-20)19(25)3-2-12-24/h4-5,15,24H,2-3,6-14H2,1H3. The molecular weight excluding hydrogens is 399 g/mol. The van der Waals surface area contributed by atoms with Gasteiger partial charge < -0.3 is 14.7 Å². The van der Waals surface area contributed by atoms with Gasteiger partial charge in [-0.25, -0.2) is 12.8 Å². The highest BCUT2D eigenvalue weighted by molar-refractivity contribution is 7.91. The SMILES string of the molecule is Cc1ccc(N2CCN(S(=O)(=O)C3(C(=O)CCCO)CCOCC3)CC2)cc1F. The van der Waals surface area contributed by atoms with Crippen LogP contribution < -0.4 is 4.90 Å². The number of rotatable bonds is 7. The van der Waals surface area contributed by atoms with E-state index < -0.39 is 14.8 Å². The minimum absolute atomic E-state index is 0.0400. The normalized spacial score (nSPS) is 20.6. The van der Waals surface area contributed by atoms with Crippen LogP contribution in [0.4, 0.5) is 10.1 Å². The predicted molar refractivity (Wildman–Crippen MR) is 108 cm³/mol. The molecule has 7 nitrogen and oxygen atoms in total. The fourth-order valence-corrected chi connectivity index (χ4v) is 6.27. The zero-order valence-corrected chi connectivity index (χ0v) is 17.6.